The largest absolute Gasteiger partial charge is 0.352 e. The third-order valence-electron chi connectivity index (χ3n) is 3.44. The average molecular weight is 346 g/mol. The summed E-state index contributed by atoms with van der Waals surface area (Å²) < 4.78 is 0. The van der Waals surface area contributed by atoms with Crippen LogP contribution in [0.3, 0.4) is 0 Å². The minimum Gasteiger partial charge on any atom is -0.352 e. The number of anilines is 1. The summed E-state index contributed by atoms with van der Waals surface area (Å²) in [5.41, 5.74) is 0.950. The fourth-order valence-electron chi connectivity index (χ4n) is 2.34. The molecule has 0 spiro atoms. The van der Waals surface area contributed by atoms with E-state index < -0.39 is 0 Å². The van der Waals surface area contributed by atoms with Gasteiger partial charge in [-0.2, -0.15) is 0 Å². The van der Waals surface area contributed by atoms with E-state index in [1.165, 1.54) is 0 Å². The highest BCUT2D eigenvalue weighted by molar-refractivity contribution is 6.34. The van der Waals surface area contributed by atoms with Crippen molar-refractivity contribution in [3.63, 3.8) is 0 Å². The molecule has 0 radical (unpaired) electrons. The third kappa shape index (κ3) is 4.87. The van der Waals surface area contributed by atoms with E-state index in [4.69, 9.17) is 11.6 Å². The summed E-state index contributed by atoms with van der Waals surface area (Å²) in [5, 5.41) is 9.10. The van der Waals surface area contributed by atoms with Crippen LogP contribution in [0, 0.1) is 0 Å². The summed E-state index contributed by atoms with van der Waals surface area (Å²) in [7, 11) is 0. The molecule has 1 saturated heterocycles. The number of carbonyl (C=O) groups is 2. The molecule has 1 aromatic carbocycles. The quantitative estimate of drug-likeness (QED) is 0.785. The normalized spacial score (nSPS) is 17.3. The van der Waals surface area contributed by atoms with Crippen LogP contribution in [0.15, 0.2) is 18.2 Å². The van der Waals surface area contributed by atoms with Crippen LogP contribution in [0.4, 0.5) is 5.69 Å². The molecule has 1 heterocycles. The first kappa shape index (κ1) is 18.7. The number of amides is 2. The topological polar surface area (TPSA) is 70.2 Å². The van der Waals surface area contributed by atoms with Crippen molar-refractivity contribution in [2.45, 2.75) is 32.2 Å². The first-order valence-corrected chi connectivity index (χ1v) is 7.61. The minimum absolute atomic E-state index is 0. The Hall–Kier alpha value is -1.30. The molecule has 3 N–H and O–H groups in total. The molecule has 22 heavy (non-hydrogen) atoms. The minimum atomic E-state index is -0.241. The van der Waals surface area contributed by atoms with Gasteiger partial charge in [-0.05, 0) is 44.5 Å². The van der Waals surface area contributed by atoms with Crippen molar-refractivity contribution in [1.82, 2.24) is 10.6 Å². The molecule has 0 bridgehead atoms. The van der Waals surface area contributed by atoms with Crippen LogP contribution < -0.4 is 16.0 Å². The lowest BCUT2D eigenvalue weighted by atomic mass is 10.0. The van der Waals surface area contributed by atoms with E-state index in [-0.39, 0.29) is 30.3 Å². The second-order valence-corrected chi connectivity index (χ2v) is 5.45. The van der Waals surface area contributed by atoms with Crippen molar-refractivity contribution in [1.29, 1.82) is 0 Å². The number of nitrogens with one attached hydrogen (secondary N) is 3. The maximum atomic E-state index is 12.2. The Morgan fingerprint density at radius 1 is 1.36 bits per heavy atom. The molecular formula is C15H21Cl2N3O2. The molecule has 2 rings (SSSR count). The van der Waals surface area contributed by atoms with Crippen LogP contribution in [-0.2, 0) is 4.79 Å². The van der Waals surface area contributed by atoms with Gasteiger partial charge in [0.15, 0.2) is 0 Å². The third-order valence-corrected chi connectivity index (χ3v) is 3.77. The van der Waals surface area contributed by atoms with Crippen LogP contribution in [0.2, 0.25) is 5.02 Å². The van der Waals surface area contributed by atoms with Gasteiger partial charge in [0.05, 0.1) is 16.6 Å². The van der Waals surface area contributed by atoms with Crippen molar-refractivity contribution >= 4 is 41.5 Å². The van der Waals surface area contributed by atoms with E-state index >= 15 is 0 Å². The highest BCUT2D eigenvalue weighted by Crippen LogP contribution is 2.21. The highest BCUT2D eigenvalue weighted by Gasteiger charge is 2.21. The predicted molar refractivity (Wildman–Crippen MR) is 91.0 cm³/mol. The number of benzene rings is 1. The predicted octanol–water partition coefficient (Wildman–Crippen LogP) is 2.59. The van der Waals surface area contributed by atoms with Crippen LogP contribution in [0.25, 0.3) is 0 Å². The Kier molecular flexibility index (Phi) is 7.65. The fourth-order valence-corrected chi connectivity index (χ4v) is 2.54. The van der Waals surface area contributed by atoms with Gasteiger partial charge in [-0.15, -0.1) is 12.4 Å². The summed E-state index contributed by atoms with van der Waals surface area (Å²) in [4.78, 5) is 24.0. The lowest BCUT2D eigenvalue weighted by Gasteiger charge is -2.22. The Bertz CT molecular complexity index is 532. The molecule has 0 unspecified atom stereocenters. The van der Waals surface area contributed by atoms with E-state index in [0.29, 0.717) is 22.8 Å². The lowest BCUT2D eigenvalue weighted by molar-refractivity contribution is -0.118. The summed E-state index contributed by atoms with van der Waals surface area (Å²) in [6.07, 6.45) is 2.99. The van der Waals surface area contributed by atoms with Gasteiger partial charge >= 0.3 is 0 Å². The van der Waals surface area contributed by atoms with E-state index in [0.717, 1.165) is 25.8 Å². The fraction of sp³-hybridized carbons (Fsp3) is 0.467. The molecule has 1 aliphatic heterocycles. The number of hydrogen-bond acceptors (Lipinski definition) is 3. The Labute approximate surface area is 141 Å². The summed E-state index contributed by atoms with van der Waals surface area (Å²) in [6.45, 7) is 3.23. The smallest absolute Gasteiger partial charge is 0.252 e. The Balaban J connectivity index is 0.00000242. The molecule has 2 amide bonds. The zero-order chi connectivity index (χ0) is 15.2. The van der Waals surface area contributed by atoms with Gasteiger partial charge in [-0.3, -0.25) is 9.59 Å². The van der Waals surface area contributed by atoms with Crippen LogP contribution in [-0.4, -0.2) is 30.9 Å². The molecule has 7 heteroatoms. The standard InChI is InChI=1S/C15H20ClN3O2.ClH/c1-2-17-14(20)11-9-10(6-7-12(11)16)19-15(21)13-5-3-4-8-18-13;/h6-7,9,13,18H,2-5,8H2,1H3,(H,17,20)(H,19,21);1H/t13-;/m1./s1. The summed E-state index contributed by atoms with van der Waals surface area (Å²) in [6, 6.07) is 4.76. The molecule has 0 saturated carbocycles. The number of halogens is 2. The van der Waals surface area contributed by atoms with Crippen molar-refractivity contribution in [2.24, 2.45) is 0 Å². The number of piperidine rings is 1. The molecule has 122 valence electrons. The second kappa shape index (κ2) is 8.98. The van der Waals surface area contributed by atoms with Gasteiger partial charge in [0, 0.05) is 12.2 Å². The lowest BCUT2D eigenvalue weighted by Crippen LogP contribution is -2.43. The summed E-state index contributed by atoms with van der Waals surface area (Å²) in [5.74, 6) is -0.312. The zero-order valence-electron chi connectivity index (χ0n) is 12.4. The molecule has 1 aliphatic rings. The monoisotopic (exact) mass is 345 g/mol. The second-order valence-electron chi connectivity index (χ2n) is 5.05. The molecular weight excluding hydrogens is 325 g/mol. The summed E-state index contributed by atoms with van der Waals surface area (Å²) >= 11 is 6.03. The van der Waals surface area contributed by atoms with Gasteiger partial charge in [0.1, 0.15) is 0 Å². The number of hydrogen-bond donors (Lipinski definition) is 3. The van der Waals surface area contributed by atoms with Crippen molar-refractivity contribution in [3.8, 4) is 0 Å². The zero-order valence-corrected chi connectivity index (χ0v) is 14.0. The van der Waals surface area contributed by atoms with E-state index in [9.17, 15) is 9.59 Å². The van der Waals surface area contributed by atoms with E-state index in [2.05, 4.69) is 16.0 Å². The van der Waals surface area contributed by atoms with Gasteiger partial charge in [0.25, 0.3) is 5.91 Å². The Morgan fingerprint density at radius 3 is 2.77 bits per heavy atom. The number of rotatable bonds is 4. The van der Waals surface area contributed by atoms with Crippen LogP contribution in [0.5, 0.6) is 0 Å². The van der Waals surface area contributed by atoms with Crippen LogP contribution >= 0.6 is 24.0 Å². The molecule has 0 aliphatic carbocycles. The molecule has 1 fully saturated rings. The van der Waals surface area contributed by atoms with E-state index in [1.54, 1.807) is 18.2 Å². The van der Waals surface area contributed by atoms with E-state index in [1.807, 2.05) is 6.92 Å². The van der Waals surface area contributed by atoms with Gasteiger partial charge in [-0.25, -0.2) is 0 Å². The van der Waals surface area contributed by atoms with Gasteiger partial charge < -0.3 is 16.0 Å². The first-order valence-electron chi connectivity index (χ1n) is 7.24. The van der Waals surface area contributed by atoms with Crippen LogP contribution in [0.1, 0.15) is 36.5 Å². The molecule has 1 atom stereocenters. The first-order chi connectivity index (χ1) is 10.1. The maximum Gasteiger partial charge on any atom is 0.252 e. The molecule has 1 aromatic rings. The van der Waals surface area contributed by atoms with Crippen molar-refractivity contribution in [3.05, 3.63) is 28.8 Å². The van der Waals surface area contributed by atoms with Gasteiger partial charge in [0.2, 0.25) is 5.91 Å². The molecule has 5 nitrogen and oxygen atoms in total. The maximum absolute atomic E-state index is 12.2. The Morgan fingerprint density at radius 2 is 2.14 bits per heavy atom. The van der Waals surface area contributed by atoms with Crippen molar-refractivity contribution in [2.75, 3.05) is 18.4 Å². The SMILES string of the molecule is CCNC(=O)c1cc(NC(=O)[C@H]2CCCCN2)ccc1Cl.Cl. The highest BCUT2D eigenvalue weighted by atomic mass is 35.5. The van der Waals surface area contributed by atoms with Gasteiger partial charge in [-0.1, -0.05) is 18.0 Å². The number of carbonyl (C=O) groups excluding carboxylic acids is 2. The van der Waals surface area contributed by atoms with Crippen molar-refractivity contribution < 1.29 is 9.59 Å². The average Bonchev–Trinajstić information content (AvgIpc) is 2.50. The molecule has 0 aromatic heterocycles.